The average Bonchev–Trinajstić information content (AvgIpc) is 3.40. The second kappa shape index (κ2) is 9.09. The van der Waals surface area contributed by atoms with Crippen LogP contribution in [0.1, 0.15) is 51.4 Å². The van der Waals surface area contributed by atoms with Crippen LogP contribution in [0, 0.1) is 19.7 Å². The van der Waals surface area contributed by atoms with Gasteiger partial charge < -0.3 is 9.80 Å². The molecule has 0 unspecified atom stereocenters. The van der Waals surface area contributed by atoms with Crippen molar-refractivity contribution in [1.82, 2.24) is 14.7 Å². The van der Waals surface area contributed by atoms with E-state index in [4.69, 9.17) is 0 Å². The summed E-state index contributed by atoms with van der Waals surface area (Å²) in [6.45, 7) is 8.19. The highest BCUT2D eigenvalue weighted by Gasteiger charge is 2.36. The molecule has 0 bridgehead atoms. The number of rotatable bonds is 5. The highest BCUT2D eigenvalue weighted by atomic mass is 19.1. The molecule has 2 aliphatic rings. The highest BCUT2D eigenvalue weighted by Crippen LogP contribution is 2.33. The van der Waals surface area contributed by atoms with Crippen molar-refractivity contribution in [2.24, 2.45) is 0 Å². The molecule has 166 valence electrons. The molecule has 0 radical (unpaired) electrons. The van der Waals surface area contributed by atoms with E-state index in [0.29, 0.717) is 18.5 Å². The molecule has 2 aromatic rings. The summed E-state index contributed by atoms with van der Waals surface area (Å²) >= 11 is 0. The number of likely N-dealkylation sites (N-methyl/N-ethyl adjacent to an activating group) is 1. The van der Waals surface area contributed by atoms with Gasteiger partial charge in [0, 0.05) is 55.8 Å². The van der Waals surface area contributed by atoms with Crippen molar-refractivity contribution in [3.8, 4) is 0 Å². The Morgan fingerprint density at radius 2 is 1.81 bits per heavy atom. The minimum atomic E-state index is -0.120. The summed E-state index contributed by atoms with van der Waals surface area (Å²) in [5, 5.41) is 0. The number of amides is 1. The smallest absolute Gasteiger partial charge is 0.254 e. The van der Waals surface area contributed by atoms with Crippen LogP contribution < -0.4 is 0 Å². The molecule has 4 rings (SSSR count). The number of nitrogens with zero attached hydrogens (tertiary/aromatic N) is 3. The summed E-state index contributed by atoms with van der Waals surface area (Å²) in [6.07, 6.45) is 2.21. The molecule has 0 saturated carbocycles. The first kappa shape index (κ1) is 22.0. The van der Waals surface area contributed by atoms with Crippen LogP contribution in [0.2, 0.25) is 0 Å². The van der Waals surface area contributed by atoms with E-state index in [1.807, 2.05) is 30.9 Å². The lowest BCUT2D eigenvalue weighted by Crippen LogP contribution is -2.34. The van der Waals surface area contributed by atoms with Gasteiger partial charge in [-0.05, 0) is 69.6 Å². The predicted molar refractivity (Wildman–Crippen MR) is 123 cm³/mol. The van der Waals surface area contributed by atoms with Crippen molar-refractivity contribution < 1.29 is 9.18 Å². The summed E-state index contributed by atoms with van der Waals surface area (Å²) in [5.41, 5.74) is 4.94. The molecule has 2 heterocycles. The summed E-state index contributed by atoms with van der Waals surface area (Å²) < 4.78 is 14.4. The minimum absolute atomic E-state index is 0.120. The van der Waals surface area contributed by atoms with Crippen molar-refractivity contribution in [2.75, 3.05) is 40.3 Å². The molecule has 4 nitrogen and oxygen atoms in total. The number of carbonyl (C=O) groups excluding carboxylic acids is 1. The number of hydrogen-bond donors (Lipinski definition) is 0. The van der Waals surface area contributed by atoms with Gasteiger partial charge in [-0.15, -0.1) is 0 Å². The van der Waals surface area contributed by atoms with Gasteiger partial charge in [0.2, 0.25) is 0 Å². The first-order valence-electron chi connectivity index (χ1n) is 11.4. The summed E-state index contributed by atoms with van der Waals surface area (Å²) in [7, 11) is 4.24. The zero-order chi connectivity index (χ0) is 22.1. The molecule has 0 spiro atoms. The average molecular weight is 424 g/mol. The molecule has 2 atom stereocenters. The fourth-order valence-corrected chi connectivity index (χ4v) is 5.18. The number of benzene rings is 2. The monoisotopic (exact) mass is 423 g/mol. The van der Waals surface area contributed by atoms with Crippen molar-refractivity contribution in [1.29, 1.82) is 0 Å². The number of hydrogen-bond acceptors (Lipinski definition) is 3. The Morgan fingerprint density at radius 1 is 1.06 bits per heavy atom. The summed E-state index contributed by atoms with van der Waals surface area (Å²) in [5.74, 6) is 0.371. The van der Waals surface area contributed by atoms with E-state index < -0.39 is 0 Å². The van der Waals surface area contributed by atoms with Crippen LogP contribution in [-0.2, 0) is 6.54 Å². The van der Waals surface area contributed by atoms with Crippen LogP contribution in [0.4, 0.5) is 4.39 Å². The molecule has 2 aliphatic heterocycles. The van der Waals surface area contributed by atoms with Crippen LogP contribution in [0.15, 0.2) is 36.4 Å². The molecule has 0 aliphatic carbocycles. The van der Waals surface area contributed by atoms with E-state index in [-0.39, 0.29) is 11.7 Å². The van der Waals surface area contributed by atoms with Gasteiger partial charge in [-0.3, -0.25) is 9.69 Å². The number of likely N-dealkylation sites (tertiary alicyclic amines) is 2. The summed E-state index contributed by atoms with van der Waals surface area (Å²) in [6, 6.07) is 12.0. The molecule has 0 aromatic heterocycles. The van der Waals surface area contributed by atoms with Gasteiger partial charge in [-0.25, -0.2) is 4.39 Å². The molecule has 31 heavy (non-hydrogen) atoms. The molecule has 1 amide bonds. The van der Waals surface area contributed by atoms with Gasteiger partial charge >= 0.3 is 0 Å². The zero-order valence-corrected chi connectivity index (χ0v) is 19.2. The lowest BCUT2D eigenvalue weighted by atomic mass is 9.91. The Balaban J connectivity index is 1.54. The number of aryl methyl sites for hydroxylation is 2. The van der Waals surface area contributed by atoms with Gasteiger partial charge in [0.05, 0.1) is 0 Å². The minimum Gasteiger partial charge on any atom is -0.339 e. The van der Waals surface area contributed by atoms with Gasteiger partial charge in [0.15, 0.2) is 0 Å². The van der Waals surface area contributed by atoms with E-state index in [1.165, 1.54) is 5.56 Å². The van der Waals surface area contributed by atoms with Crippen LogP contribution in [0.3, 0.4) is 0 Å². The molecule has 2 saturated heterocycles. The topological polar surface area (TPSA) is 26.8 Å². The normalized spacial score (nSPS) is 21.9. The van der Waals surface area contributed by atoms with Crippen molar-refractivity contribution in [3.63, 3.8) is 0 Å². The number of carbonyl (C=O) groups is 1. The molecule has 0 N–H and O–H groups in total. The second-order valence-electron chi connectivity index (χ2n) is 9.44. The quantitative estimate of drug-likeness (QED) is 0.721. The Morgan fingerprint density at radius 3 is 2.45 bits per heavy atom. The SMILES string of the molecule is Cc1cc([C@H]2CN(Cc3c(C)cccc3F)C[C@@H]2N(C)C)ccc1C(=O)N1CCCC1. The lowest BCUT2D eigenvalue weighted by molar-refractivity contribution is 0.0792. The zero-order valence-electron chi connectivity index (χ0n) is 19.2. The van der Waals surface area contributed by atoms with Crippen molar-refractivity contribution >= 4 is 5.91 Å². The van der Waals surface area contributed by atoms with Crippen molar-refractivity contribution in [3.05, 3.63) is 70.0 Å². The van der Waals surface area contributed by atoms with Crippen LogP contribution >= 0.6 is 0 Å². The van der Waals surface area contributed by atoms with Gasteiger partial charge in [0.25, 0.3) is 5.91 Å². The molecular formula is C26H34FN3O. The predicted octanol–water partition coefficient (Wildman–Crippen LogP) is 4.21. The Kier molecular flexibility index (Phi) is 6.44. The third-order valence-corrected chi connectivity index (χ3v) is 7.07. The maximum Gasteiger partial charge on any atom is 0.254 e. The first-order chi connectivity index (χ1) is 14.8. The van der Waals surface area contributed by atoms with E-state index in [9.17, 15) is 9.18 Å². The fraction of sp³-hybridized carbons (Fsp3) is 0.500. The third-order valence-electron chi connectivity index (χ3n) is 7.07. The Bertz CT molecular complexity index is 931. The van der Waals surface area contributed by atoms with Crippen LogP contribution in [-0.4, -0.2) is 66.9 Å². The van der Waals surface area contributed by atoms with Crippen LogP contribution in [0.5, 0.6) is 0 Å². The molecule has 5 heteroatoms. The van der Waals surface area contributed by atoms with Crippen LogP contribution in [0.25, 0.3) is 0 Å². The van der Waals surface area contributed by atoms with Gasteiger partial charge in [0.1, 0.15) is 5.82 Å². The third kappa shape index (κ3) is 4.53. The van der Waals surface area contributed by atoms with Gasteiger partial charge in [-0.1, -0.05) is 24.3 Å². The largest absolute Gasteiger partial charge is 0.339 e. The lowest BCUT2D eigenvalue weighted by Gasteiger charge is -2.26. The maximum atomic E-state index is 14.4. The second-order valence-corrected chi connectivity index (χ2v) is 9.44. The molecule has 2 fully saturated rings. The first-order valence-corrected chi connectivity index (χ1v) is 11.4. The Hall–Kier alpha value is -2.24. The van der Waals surface area contributed by atoms with E-state index >= 15 is 0 Å². The highest BCUT2D eigenvalue weighted by molar-refractivity contribution is 5.95. The van der Waals surface area contributed by atoms with E-state index in [2.05, 4.69) is 36.0 Å². The van der Waals surface area contributed by atoms with Crippen molar-refractivity contribution in [2.45, 2.75) is 45.2 Å². The number of halogens is 1. The molecular weight excluding hydrogens is 389 g/mol. The molecule has 2 aromatic carbocycles. The fourth-order valence-electron chi connectivity index (χ4n) is 5.18. The van der Waals surface area contributed by atoms with E-state index in [1.54, 1.807) is 12.1 Å². The van der Waals surface area contributed by atoms with Gasteiger partial charge in [-0.2, -0.15) is 0 Å². The summed E-state index contributed by atoms with van der Waals surface area (Å²) in [4.78, 5) is 19.5. The maximum absolute atomic E-state index is 14.4. The standard InChI is InChI=1S/C26H34FN3O/c1-18-8-7-9-24(27)22(18)15-29-16-23(25(17-29)28(3)4)20-10-11-21(19(2)14-20)26(31)30-12-5-6-13-30/h7-11,14,23,25H,5-6,12-13,15-17H2,1-4H3/t23-,25+/m1/s1. The van der Waals surface area contributed by atoms with E-state index in [0.717, 1.165) is 61.3 Å². The Labute approximate surface area is 185 Å².